The van der Waals surface area contributed by atoms with Gasteiger partial charge in [-0.1, -0.05) is 0 Å². The highest BCUT2D eigenvalue weighted by Gasteiger charge is 2.39. The Bertz CT molecular complexity index is 341. The summed E-state index contributed by atoms with van der Waals surface area (Å²) in [5.74, 6) is -0.210. The fraction of sp³-hybridized carbons (Fsp3) is 0.700. The summed E-state index contributed by atoms with van der Waals surface area (Å²) in [4.78, 5) is 37.4. The minimum atomic E-state index is -0.349. The number of hydrogen-bond acceptors (Lipinski definition) is 3. The maximum Gasteiger partial charge on any atom is 0.324 e. The van der Waals surface area contributed by atoms with Gasteiger partial charge in [-0.25, -0.2) is 9.59 Å². The molecule has 0 saturated carbocycles. The molecule has 94 valence electrons. The molecule has 17 heavy (non-hydrogen) atoms. The number of imide groups is 1. The van der Waals surface area contributed by atoms with E-state index in [1.807, 2.05) is 6.92 Å². The molecule has 7 heteroatoms. The molecule has 0 radical (unpaired) electrons. The van der Waals surface area contributed by atoms with Gasteiger partial charge in [0.2, 0.25) is 5.91 Å². The molecule has 7 nitrogen and oxygen atoms in total. The summed E-state index contributed by atoms with van der Waals surface area (Å²) in [5, 5.41) is 5.19. The lowest BCUT2D eigenvalue weighted by molar-refractivity contribution is -0.126. The van der Waals surface area contributed by atoms with E-state index in [2.05, 4.69) is 10.6 Å². The van der Waals surface area contributed by atoms with Crippen molar-refractivity contribution in [3.05, 3.63) is 0 Å². The number of nitrogens with zero attached hydrogens (tertiary/aromatic N) is 2. The lowest BCUT2D eigenvalue weighted by Crippen LogP contribution is -2.44. The highest BCUT2D eigenvalue weighted by Crippen LogP contribution is 2.18. The molecule has 0 spiro atoms. The van der Waals surface area contributed by atoms with Gasteiger partial charge in [0.25, 0.3) is 0 Å². The van der Waals surface area contributed by atoms with Crippen LogP contribution in [0, 0.1) is 0 Å². The Morgan fingerprint density at radius 1 is 1.53 bits per heavy atom. The molecule has 2 aliphatic rings. The number of rotatable bonds is 2. The van der Waals surface area contributed by atoms with E-state index in [9.17, 15) is 14.4 Å². The van der Waals surface area contributed by atoms with Gasteiger partial charge in [-0.3, -0.25) is 9.69 Å². The van der Waals surface area contributed by atoms with Crippen molar-refractivity contribution in [3.63, 3.8) is 0 Å². The molecule has 2 fully saturated rings. The third-order valence-corrected chi connectivity index (χ3v) is 3.02. The summed E-state index contributed by atoms with van der Waals surface area (Å²) < 4.78 is 0. The standard InChI is InChI=1S/C10H16N4O3/c1-2-11-9(16)13-4-3-7(6-13)14-8(15)5-12-10(14)17/h7H,2-6H2,1H3,(H,11,16)(H,12,17). The highest BCUT2D eigenvalue weighted by atomic mass is 16.2. The predicted octanol–water partition coefficient (Wildman–Crippen LogP) is -0.658. The first-order valence-corrected chi connectivity index (χ1v) is 5.76. The number of urea groups is 2. The predicted molar refractivity (Wildman–Crippen MR) is 59.3 cm³/mol. The minimum Gasteiger partial charge on any atom is -0.338 e. The summed E-state index contributed by atoms with van der Waals surface area (Å²) >= 11 is 0. The van der Waals surface area contributed by atoms with Gasteiger partial charge in [0, 0.05) is 19.6 Å². The Morgan fingerprint density at radius 2 is 2.29 bits per heavy atom. The molecule has 0 aromatic heterocycles. The van der Waals surface area contributed by atoms with Crippen LogP contribution in [-0.4, -0.2) is 60.0 Å². The van der Waals surface area contributed by atoms with Crippen LogP contribution in [-0.2, 0) is 4.79 Å². The molecule has 0 bridgehead atoms. The Morgan fingerprint density at radius 3 is 2.88 bits per heavy atom. The van der Waals surface area contributed by atoms with E-state index in [1.165, 1.54) is 4.90 Å². The molecule has 1 atom stereocenters. The average molecular weight is 240 g/mol. The van der Waals surface area contributed by atoms with Gasteiger partial charge in [-0.2, -0.15) is 0 Å². The molecule has 2 saturated heterocycles. The summed E-state index contributed by atoms with van der Waals surface area (Å²) in [7, 11) is 0. The van der Waals surface area contributed by atoms with E-state index in [1.54, 1.807) is 4.90 Å². The summed E-state index contributed by atoms with van der Waals surface area (Å²) in [6.45, 7) is 3.49. The van der Waals surface area contributed by atoms with Gasteiger partial charge >= 0.3 is 12.1 Å². The topological polar surface area (TPSA) is 81.8 Å². The van der Waals surface area contributed by atoms with Crippen LogP contribution in [0.15, 0.2) is 0 Å². The van der Waals surface area contributed by atoms with Crippen LogP contribution in [0.3, 0.4) is 0 Å². The quantitative estimate of drug-likeness (QED) is 0.629. The first-order chi connectivity index (χ1) is 8.13. The van der Waals surface area contributed by atoms with E-state index in [0.717, 1.165) is 0 Å². The highest BCUT2D eigenvalue weighted by molar-refractivity contribution is 6.02. The first kappa shape index (κ1) is 11.7. The number of nitrogens with one attached hydrogen (secondary N) is 2. The maximum atomic E-state index is 11.6. The number of carbonyl (C=O) groups excluding carboxylic acids is 3. The fourth-order valence-electron chi connectivity index (χ4n) is 2.20. The minimum absolute atomic E-state index is 0.0660. The second-order valence-electron chi connectivity index (χ2n) is 4.15. The third kappa shape index (κ3) is 2.17. The number of hydrogen-bond donors (Lipinski definition) is 2. The van der Waals surface area contributed by atoms with Gasteiger partial charge in [0.15, 0.2) is 0 Å². The van der Waals surface area contributed by atoms with E-state index >= 15 is 0 Å². The molecule has 0 aromatic carbocycles. The van der Waals surface area contributed by atoms with Crippen molar-refractivity contribution in [3.8, 4) is 0 Å². The van der Waals surface area contributed by atoms with E-state index in [4.69, 9.17) is 0 Å². The largest absolute Gasteiger partial charge is 0.338 e. The van der Waals surface area contributed by atoms with Gasteiger partial charge in [-0.15, -0.1) is 0 Å². The van der Waals surface area contributed by atoms with E-state index < -0.39 is 0 Å². The van der Waals surface area contributed by atoms with Gasteiger partial charge in [-0.05, 0) is 13.3 Å². The number of likely N-dealkylation sites (tertiary alicyclic amines) is 1. The second kappa shape index (κ2) is 4.60. The van der Waals surface area contributed by atoms with Crippen LogP contribution in [0.4, 0.5) is 9.59 Å². The first-order valence-electron chi connectivity index (χ1n) is 5.76. The maximum absolute atomic E-state index is 11.6. The monoisotopic (exact) mass is 240 g/mol. The molecule has 2 heterocycles. The van der Waals surface area contributed by atoms with Crippen LogP contribution in [0.5, 0.6) is 0 Å². The average Bonchev–Trinajstić information content (AvgIpc) is 2.86. The molecule has 2 aliphatic heterocycles. The third-order valence-electron chi connectivity index (χ3n) is 3.02. The molecule has 0 aromatic rings. The summed E-state index contributed by atoms with van der Waals surface area (Å²) in [5.41, 5.74) is 0. The zero-order chi connectivity index (χ0) is 12.4. The Hall–Kier alpha value is -1.79. The Balaban J connectivity index is 1.95. The van der Waals surface area contributed by atoms with Crippen LogP contribution in [0.1, 0.15) is 13.3 Å². The van der Waals surface area contributed by atoms with Crippen molar-refractivity contribution >= 4 is 18.0 Å². The van der Waals surface area contributed by atoms with Gasteiger partial charge in [0.05, 0.1) is 12.6 Å². The van der Waals surface area contributed by atoms with Crippen molar-refractivity contribution < 1.29 is 14.4 Å². The van der Waals surface area contributed by atoms with Crippen molar-refractivity contribution in [1.29, 1.82) is 0 Å². The van der Waals surface area contributed by atoms with Crippen molar-refractivity contribution in [2.24, 2.45) is 0 Å². The van der Waals surface area contributed by atoms with Crippen molar-refractivity contribution in [1.82, 2.24) is 20.4 Å². The Kier molecular flexibility index (Phi) is 3.16. The lowest BCUT2D eigenvalue weighted by Gasteiger charge is -2.21. The van der Waals surface area contributed by atoms with Crippen LogP contribution >= 0.6 is 0 Å². The lowest BCUT2D eigenvalue weighted by atomic mass is 10.2. The number of amides is 5. The fourth-order valence-corrected chi connectivity index (χ4v) is 2.20. The van der Waals surface area contributed by atoms with Crippen molar-refractivity contribution in [2.45, 2.75) is 19.4 Å². The Labute approximate surface area is 99.1 Å². The van der Waals surface area contributed by atoms with Crippen LogP contribution < -0.4 is 10.6 Å². The van der Waals surface area contributed by atoms with Gasteiger partial charge in [0.1, 0.15) is 0 Å². The van der Waals surface area contributed by atoms with Crippen LogP contribution in [0.2, 0.25) is 0 Å². The summed E-state index contributed by atoms with van der Waals surface area (Å²) in [6, 6.07) is -0.674. The summed E-state index contributed by atoms with van der Waals surface area (Å²) in [6.07, 6.45) is 0.649. The number of carbonyl (C=O) groups is 3. The van der Waals surface area contributed by atoms with E-state index in [0.29, 0.717) is 26.1 Å². The van der Waals surface area contributed by atoms with Crippen molar-refractivity contribution in [2.75, 3.05) is 26.2 Å². The molecule has 2 rings (SSSR count). The zero-order valence-electron chi connectivity index (χ0n) is 9.73. The molecular formula is C10H16N4O3. The smallest absolute Gasteiger partial charge is 0.324 e. The SMILES string of the molecule is CCNC(=O)N1CCC(N2C(=O)CNC2=O)C1. The second-order valence-corrected chi connectivity index (χ2v) is 4.15. The molecular weight excluding hydrogens is 224 g/mol. The molecule has 0 aliphatic carbocycles. The normalized spacial score (nSPS) is 24.2. The molecule has 2 N–H and O–H groups in total. The van der Waals surface area contributed by atoms with Crippen LogP contribution in [0.25, 0.3) is 0 Å². The van der Waals surface area contributed by atoms with Gasteiger partial charge < -0.3 is 15.5 Å². The van der Waals surface area contributed by atoms with E-state index in [-0.39, 0.29) is 30.6 Å². The molecule has 5 amide bonds. The zero-order valence-corrected chi connectivity index (χ0v) is 9.73. The molecule has 1 unspecified atom stereocenters.